The van der Waals surface area contributed by atoms with Crippen LogP contribution in [0.5, 0.6) is 0 Å². The number of rotatable bonds is 2. The molecule has 2 aromatic carbocycles. The van der Waals surface area contributed by atoms with E-state index in [9.17, 15) is 14.7 Å². The van der Waals surface area contributed by atoms with Crippen molar-refractivity contribution in [1.29, 1.82) is 0 Å². The quantitative estimate of drug-likeness (QED) is 0.702. The Hall–Kier alpha value is -1.25. The van der Waals surface area contributed by atoms with Gasteiger partial charge in [0.15, 0.2) is 0 Å². The van der Waals surface area contributed by atoms with Crippen LogP contribution in [0.3, 0.4) is 0 Å². The van der Waals surface area contributed by atoms with E-state index in [1.807, 2.05) is 0 Å². The van der Waals surface area contributed by atoms with Crippen molar-refractivity contribution in [3.05, 3.63) is 60.2 Å². The van der Waals surface area contributed by atoms with Gasteiger partial charge in [-0.25, -0.2) is 0 Å². The summed E-state index contributed by atoms with van der Waals surface area (Å²) in [5.41, 5.74) is 0.654. The molecule has 0 atom stereocenters. The molecule has 2 rings (SSSR count). The van der Waals surface area contributed by atoms with Crippen LogP contribution in [0.2, 0.25) is 0 Å². The van der Waals surface area contributed by atoms with E-state index >= 15 is 0 Å². The van der Waals surface area contributed by atoms with Gasteiger partial charge in [-0.15, -0.1) is 0 Å². The summed E-state index contributed by atoms with van der Waals surface area (Å²) >= 11 is 0. The maximum absolute atomic E-state index is 10.3. The molecule has 0 spiro atoms. The van der Waals surface area contributed by atoms with E-state index in [1.54, 1.807) is 49.4 Å². The third-order valence-corrected chi connectivity index (χ3v) is 5.43. The van der Waals surface area contributed by atoms with E-state index in [2.05, 4.69) is 0 Å². The van der Waals surface area contributed by atoms with Gasteiger partial charge in [0.05, 0.1) is 0 Å². The van der Waals surface area contributed by atoms with E-state index in [1.165, 1.54) is 12.1 Å². The Morgan fingerprint density at radius 3 is 1.88 bits per heavy atom. The molecule has 0 aromatic heterocycles. The molecule has 0 heterocycles. The Morgan fingerprint density at radius 1 is 0.765 bits per heavy atom. The summed E-state index contributed by atoms with van der Waals surface area (Å²) in [6.07, 6.45) is 0. The predicted molar refractivity (Wildman–Crippen MR) is 70.5 cm³/mol. The Labute approximate surface area is 100 Å². The molecule has 0 aliphatic rings. The van der Waals surface area contributed by atoms with E-state index < -0.39 is 7.28 Å². The monoisotopic (exact) mass is 250 g/mol. The van der Waals surface area contributed by atoms with Gasteiger partial charge in [-0.2, -0.15) is 0 Å². The van der Waals surface area contributed by atoms with Gasteiger partial charge in [-0.05, 0) is 0 Å². The number of hydrogen-bond donors (Lipinski definition) is 3. The zero-order chi connectivity index (χ0) is 12.5. The molecular weight excluding hydrogens is 235 g/mol. The molecule has 0 saturated carbocycles. The second-order valence-corrected chi connectivity index (χ2v) is 7.06. The predicted octanol–water partition coefficient (Wildman–Crippen LogP) is 1.22. The summed E-state index contributed by atoms with van der Waals surface area (Å²) < 4.78 is 0. The van der Waals surface area contributed by atoms with Crippen molar-refractivity contribution in [2.75, 3.05) is 0 Å². The van der Waals surface area contributed by atoms with E-state index in [4.69, 9.17) is 0 Å². The third-order valence-electron chi connectivity index (χ3n) is 2.79. The molecule has 17 heavy (non-hydrogen) atoms. The summed E-state index contributed by atoms with van der Waals surface area (Å²) in [5.74, 6) is 0. The number of aryl methyl sites for hydroxylation is 1. The van der Waals surface area contributed by atoms with Gasteiger partial charge in [0.1, 0.15) is 0 Å². The average molecular weight is 250 g/mol. The van der Waals surface area contributed by atoms with Gasteiger partial charge in [0, 0.05) is 0 Å². The average Bonchev–Trinajstić information content (AvgIpc) is 2.30. The number of benzene rings is 2. The van der Waals surface area contributed by atoms with Crippen LogP contribution in [0.4, 0.5) is 0 Å². The van der Waals surface area contributed by atoms with Crippen LogP contribution in [0.1, 0.15) is 5.56 Å². The molecule has 2 aromatic rings. The molecule has 90 valence electrons. The normalized spacial score (nSPS) is 14.0. The van der Waals surface area contributed by atoms with Crippen LogP contribution in [0.25, 0.3) is 0 Å². The van der Waals surface area contributed by atoms with Crippen LogP contribution < -0.4 is 10.6 Å². The Kier molecular flexibility index (Phi) is 2.80. The molecule has 0 amide bonds. The topological polar surface area (TPSA) is 60.7 Å². The summed E-state index contributed by atoms with van der Waals surface area (Å²) in [5, 5.41) is 0.331. The van der Waals surface area contributed by atoms with Gasteiger partial charge in [-0.3, -0.25) is 0 Å². The van der Waals surface area contributed by atoms with Gasteiger partial charge < -0.3 is 0 Å². The Morgan fingerprint density at radius 2 is 1.29 bits per heavy atom. The fourth-order valence-electron chi connectivity index (χ4n) is 1.87. The van der Waals surface area contributed by atoms with Gasteiger partial charge in [-0.1, -0.05) is 0 Å². The Bertz CT molecular complexity index is 529. The molecule has 0 aliphatic heterocycles. The van der Waals surface area contributed by atoms with Crippen LogP contribution in [-0.2, 0) is 0 Å². The van der Waals surface area contributed by atoms with Crippen molar-refractivity contribution in [1.82, 2.24) is 0 Å². The molecule has 0 aliphatic carbocycles. The summed E-state index contributed by atoms with van der Waals surface area (Å²) in [4.78, 5) is 31.0. The van der Waals surface area contributed by atoms with Crippen molar-refractivity contribution in [3.8, 4) is 0 Å². The molecule has 0 fully saturated rings. The molecule has 0 saturated heterocycles. The molecular formula is C13H15O3P. The Balaban J connectivity index is 2.67. The first-order valence-electron chi connectivity index (χ1n) is 5.29. The summed E-state index contributed by atoms with van der Waals surface area (Å²) in [6.45, 7) is 1.74. The van der Waals surface area contributed by atoms with E-state index in [0.717, 1.165) is 0 Å². The van der Waals surface area contributed by atoms with Gasteiger partial charge in [0.2, 0.25) is 0 Å². The van der Waals surface area contributed by atoms with Crippen molar-refractivity contribution in [3.63, 3.8) is 0 Å². The van der Waals surface area contributed by atoms with Crippen LogP contribution in [0, 0.1) is 6.92 Å². The van der Waals surface area contributed by atoms with Crippen LogP contribution in [0.15, 0.2) is 54.6 Å². The standard InChI is InChI=1S/C13H15O3P/c1-11-7-5-6-10-13(11)17(14,15,16)12-8-3-2-4-9-12/h2-10,14-16H,1H3. The summed E-state index contributed by atoms with van der Waals surface area (Å²) in [6, 6.07) is 14.9. The molecule has 3 nitrogen and oxygen atoms in total. The fraction of sp³-hybridized carbons (Fsp3) is 0.0769. The zero-order valence-corrected chi connectivity index (χ0v) is 10.4. The molecule has 0 bridgehead atoms. The number of hydrogen-bond acceptors (Lipinski definition) is 3. The van der Waals surface area contributed by atoms with Gasteiger partial charge >= 0.3 is 99.7 Å². The zero-order valence-electron chi connectivity index (χ0n) is 9.49. The first-order valence-corrected chi connectivity index (χ1v) is 7.38. The van der Waals surface area contributed by atoms with Gasteiger partial charge in [0.25, 0.3) is 0 Å². The second-order valence-electron chi connectivity index (χ2n) is 4.10. The van der Waals surface area contributed by atoms with E-state index in [0.29, 0.717) is 5.56 Å². The molecule has 4 heteroatoms. The molecule has 0 radical (unpaired) electrons. The first kappa shape index (κ1) is 12.2. The van der Waals surface area contributed by atoms with Crippen molar-refractivity contribution < 1.29 is 14.7 Å². The fourth-order valence-corrected chi connectivity index (χ4v) is 3.95. The van der Waals surface area contributed by atoms with E-state index in [-0.39, 0.29) is 10.6 Å². The van der Waals surface area contributed by atoms with Crippen LogP contribution >= 0.6 is 7.28 Å². The molecule has 0 unspecified atom stereocenters. The van der Waals surface area contributed by atoms with Crippen molar-refractivity contribution in [2.24, 2.45) is 0 Å². The maximum atomic E-state index is 10.3. The molecule has 3 N–H and O–H groups in total. The minimum absolute atomic E-state index is 0.146. The third kappa shape index (κ3) is 2.11. The minimum atomic E-state index is -4.98. The second kappa shape index (κ2) is 3.90. The van der Waals surface area contributed by atoms with Crippen molar-refractivity contribution >= 4 is 17.9 Å². The van der Waals surface area contributed by atoms with Crippen LogP contribution in [-0.4, -0.2) is 14.7 Å². The summed E-state index contributed by atoms with van der Waals surface area (Å²) in [7, 11) is -4.98. The first-order chi connectivity index (χ1) is 7.90. The van der Waals surface area contributed by atoms with Crippen molar-refractivity contribution in [2.45, 2.75) is 6.92 Å². The SMILES string of the molecule is Cc1ccccc1P(O)(O)(O)c1ccccc1.